The highest BCUT2D eigenvalue weighted by Gasteiger charge is 2.32. The summed E-state index contributed by atoms with van der Waals surface area (Å²) in [5.74, 6) is -0.225. The van der Waals surface area contributed by atoms with E-state index in [0.717, 1.165) is 5.56 Å². The second kappa shape index (κ2) is 12.3. The third kappa shape index (κ3) is 6.48. The fourth-order valence-electron chi connectivity index (χ4n) is 2.73. The van der Waals surface area contributed by atoms with E-state index < -0.39 is 5.41 Å². The second-order valence-corrected chi connectivity index (χ2v) is 6.27. The van der Waals surface area contributed by atoms with E-state index in [4.69, 9.17) is 5.73 Å². The normalized spacial score (nSPS) is 10.2. The molecule has 1 heterocycles. The molecule has 0 radical (unpaired) electrons. The zero-order chi connectivity index (χ0) is 19.0. The lowest BCUT2D eigenvalue weighted by molar-refractivity contribution is -0.131. The molecule has 8 heteroatoms. The van der Waals surface area contributed by atoms with Crippen LogP contribution in [0, 0.1) is 5.41 Å². The topological polar surface area (TPSA) is 97.1 Å². The summed E-state index contributed by atoms with van der Waals surface area (Å²) in [4.78, 5) is 28.5. The molecule has 4 N–H and O–H groups in total. The first-order chi connectivity index (χ1) is 12.5. The first-order valence-corrected chi connectivity index (χ1v) is 8.83. The SMILES string of the molecule is CCC(CC)(CN)C(=O)NCc1ccc(NC(=O)c2cccnc2)cc1.Cl.Cl. The number of amides is 2. The van der Waals surface area contributed by atoms with Gasteiger partial charge in [-0.25, -0.2) is 0 Å². The van der Waals surface area contributed by atoms with E-state index >= 15 is 0 Å². The molecule has 6 nitrogen and oxygen atoms in total. The van der Waals surface area contributed by atoms with E-state index in [-0.39, 0.29) is 36.6 Å². The number of halogens is 2. The van der Waals surface area contributed by atoms with Crippen molar-refractivity contribution in [2.75, 3.05) is 11.9 Å². The Labute approximate surface area is 178 Å². The minimum Gasteiger partial charge on any atom is -0.352 e. The third-order valence-electron chi connectivity index (χ3n) is 4.81. The molecule has 0 spiro atoms. The Morgan fingerprint density at radius 3 is 2.21 bits per heavy atom. The Morgan fingerprint density at radius 2 is 1.71 bits per heavy atom. The molecule has 0 unspecified atom stereocenters. The average Bonchev–Trinajstić information content (AvgIpc) is 2.70. The summed E-state index contributed by atoms with van der Waals surface area (Å²) in [6.45, 7) is 4.73. The molecule has 1 aromatic carbocycles. The van der Waals surface area contributed by atoms with E-state index in [9.17, 15) is 9.59 Å². The van der Waals surface area contributed by atoms with Gasteiger partial charge >= 0.3 is 0 Å². The van der Waals surface area contributed by atoms with Gasteiger partial charge in [0.2, 0.25) is 5.91 Å². The van der Waals surface area contributed by atoms with Gasteiger partial charge in [-0.05, 0) is 42.7 Å². The number of anilines is 1. The van der Waals surface area contributed by atoms with Crippen LogP contribution in [0.15, 0.2) is 48.8 Å². The molecule has 154 valence electrons. The van der Waals surface area contributed by atoms with Crippen molar-refractivity contribution < 1.29 is 9.59 Å². The first-order valence-electron chi connectivity index (χ1n) is 8.83. The number of aromatic nitrogens is 1. The Kier molecular flexibility index (Phi) is 11.4. The molecule has 2 aromatic rings. The van der Waals surface area contributed by atoms with Crippen LogP contribution < -0.4 is 16.4 Å². The monoisotopic (exact) mass is 426 g/mol. The number of hydrogen-bond acceptors (Lipinski definition) is 4. The minimum absolute atomic E-state index is 0. The number of rotatable bonds is 8. The van der Waals surface area contributed by atoms with Crippen LogP contribution in [0.4, 0.5) is 5.69 Å². The van der Waals surface area contributed by atoms with Crippen molar-refractivity contribution in [2.24, 2.45) is 11.1 Å². The van der Waals surface area contributed by atoms with Gasteiger partial charge in [0.15, 0.2) is 0 Å². The van der Waals surface area contributed by atoms with Gasteiger partial charge < -0.3 is 16.4 Å². The van der Waals surface area contributed by atoms with Crippen LogP contribution in [-0.2, 0) is 11.3 Å². The van der Waals surface area contributed by atoms with Crippen LogP contribution in [0.3, 0.4) is 0 Å². The van der Waals surface area contributed by atoms with E-state index in [2.05, 4.69) is 15.6 Å². The largest absolute Gasteiger partial charge is 0.352 e. The van der Waals surface area contributed by atoms with Gasteiger partial charge in [-0.1, -0.05) is 26.0 Å². The number of carbonyl (C=O) groups excluding carboxylic acids is 2. The second-order valence-electron chi connectivity index (χ2n) is 6.27. The average molecular weight is 427 g/mol. The van der Waals surface area contributed by atoms with E-state index in [1.54, 1.807) is 18.3 Å². The minimum atomic E-state index is -0.502. The number of nitrogens with two attached hydrogens (primary N) is 1. The zero-order valence-electron chi connectivity index (χ0n) is 16.1. The lowest BCUT2D eigenvalue weighted by Gasteiger charge is -2.28. The van der Waals surface area contributed by atoms with Gasteiger partial charge in [-0.15, -0.1) is 24.8 Å². The molecule has 28 heavy (non-hydrogen) atoms. The van der Waals surface area contributed by atoms with Gasteiger partial charge in [0.25, 0.3) is 5.91 Å². The van der Waals surface area contributed by atoms with Crippen molar-refractivity contribution in [3.8, 4) is 0 Å². The van der Waals surface area contributed by atoms with E-state index in [0.29, 0.717) is 37.2 Å². The van der Waals surface area contributed by atoms with Crippen molar-refractivity contribution in [1.29, 1.82) is 0 Å². The lowest BCUT2D eigenvalue weighted by atomic mass is 9.81. The number of hydrogen-bond donors (Lipinski definition) is 3. The molecule has 0 aliphatic heterocycles. The molecule has 0 atom stereocenters. The molecule has 0 aliphatic rings. The lowest BCUT2D eigenvalue weighted by Crippen LogP contribution is -2.45. The number of benzene rings is 1. The number of pyridine rings is 1. The van der Waals surface area contributed by atoms with Crippen LogP contribution in [0.1, 0.15) is 42.6 Å². The maximum atomic E-state index is 12.4. The van der Waals surface area contributed by atoms with Gasteiger partial charge in [-0.3, -0.25) is 14.6 Å². The molecule has 0 fully saturated rings. The molecule has 2 amide bonds. The highest BCUT2D eigenvalue weighted by Crippen LogP contribution is 2.25. The predicted octanol–water partition coefficient (Wildman–Crippen LogP) is 3.56. The van der Waals surface area contributed by atoms with Gasteiger partial charge in [0.05, 0.1) is 11.0 Å². The molecule has 0 bridgehead atoms. The smallest absolute Gasteiger partial charge is 0.257 e. The Bertz CT molecular complexity index is 727. The summed E-state index contributed by atoms with van der Waals surface area (Å²) in [6.07, 6.45) is 4.57. The number of nitrogens with one attached hydrogen (secondary N) is 2. The third-order valence-corrected chi connectivity index (χ3v) is 4.81. The summed E-state index contributed by atoms with van der Waals surface area (Å²) in [5, 5.41) is 5.78. The summed E-state index contributed by atoms with van der Waals surface area (Å²) in [7, 11) is 0. The fraction of sp³-hybridized carbons (Fsp3) is 0.350. The Hall–Kier alpha value is -2.15. The van der Waals surface area contributed by atoms with E-state index in [1.165, 1.54) is 6.20 Å². The fourth-order valence-corrected chi connectivity index (χ4v) is 2.73. The van der Waals surface area contributed by atoms with Crippen LogP contribution in [0.25, 0.3) is 0 Å². The molecular weight excluding hydrogens is 399 g/mol. The maximum Gasteiger partial charge on any atom is 0.257 e. The summed E-state index contributed by atoms with van der Waals surface area (Å²) in [5.41, 5.74) is 7.45. The van der Waals surface area contributed by atoms with Crippen LogP contribution in [0.2, 0.25) is 0 Å². The molecule has 2 rings (SSSR count). The van der Waals surface area contributed by atoms with Gasteiger partial charge in [-0.2, -0.15) is 0 Å². The standard InChI is InChI=1S/C20H26N4O2.2ClH/c1-3-20(4-2,14-21)19(26)23-12-15-7-9-17(10-8-15)24-18(25)16-6-5-11-22-13-16;;/h5-11,13H,3-4,12,14,21H2,1-2H3,(H,23,26)(H,24,25);2*1H. The van der Waals surface area contributed by atoms with Crippen LogP contribution in [0.5, 0.6) is 0 Å². The summed E-state index contributed by atoms with van der Waals surface area (Å²) >= 11 is 0. The van der Waals surface area contributed by atoms with E-state index in [1.807, 2.05) is 38.1 Å². The van der Waals surface area contributed by atoms with Crippen molar-refractivity contribution in [1.82, 2.24) is 10.3 Å². The van der Waals surface area contributed by atoms with Crippen molar-refractivity contribution in [3.63, 3.8) is 0 Å². The molecule has 0 saturated heterocycles. The summed E-state index contributed by atoms with van der Waals surface area (Å²) in [6, 6.07) is 10.8. The maximum absolute atomic E-state index is 12.4. The Balaban J connectivity index is 0.00000364. The Morgan fingerprint density at radius 1 is 1.07 bits per heavy atom. The highest BCUT2D eigenvalue weighted by molar-refractivity contribution is 6.04. The molecular formula is C20H28Cl2N4O2. The zero-order valence-corrected chi connectivity index (χ0v) is 17.7. The quantitative estimate of drug-likeness (QED) is 0.600. The molecule has 0 aliphatic carbocycles. The number of carbonyl (C=O) groups is 2. The van der Waals surface area contributed by atoms with Gasteiger partial charge in [0.1, 0.15) is 0 Å². The highest BCUT2D eigenvalue weighted by atomic mass is 35.5. The van der Waals surface area contributed by atoms with Crippen molar-refractivity contribution in [2.45, 2.75) is 33.2 Å². The van der Waals surface area contributed by atoms with Crippen LogP contribution >= 0.6 is 24.8 Å². The van der Waals surface area contributed by atoms with Gasteiger partial charge in [0, 0.05) is 31.2 Å². The number of nitrogens with zero attached hydrogens (tertiary/aromatic N) is 1. The molecule has 1 aromatic heterocycles. The first kappa shape index (κ1) is 25.9. The van der Waals surface area contributed by atoms with Crippen LogP contribution in [-0.4, -0.2) is 23.3 Å². The summed E-state index contributed by atoms with van der Waals surface area (Å²) < 4.78 is 0. The molecule has 0 saturated carbocycles. The predicted molar refractivity (Wildman–Crippen MR) is 117 cm³/mol. The van der Waals surface area contributed by atoms with Crippen molar-refractivity contribution in [3.05, 3.63) is 59.9 Å². The van der Waals surface area contributed by atoms with Crippen molar-refractivity contribution >= 4 is 42.3 Å².